The fourth-order valence-corrected chi connectivity index (χ4v) is 3.17. The minimum Gasteiger partial charge on any atom is -0.452 e. The number of ether oxygens (including phenoxy) is 1. The second kappa shape index (κ2) is 9.21. The second-order valence-electron chi connectivity index (χ2n) is 7.17. The van der Waals surface area contributed by atoms with E-state index in [0.29, 0.717) is 17.8 Å². The van der Waals surface area contributed by atoms with Crippen molar-refractivity contribution in [2.75, 3.05) is 11.9 Å². The lowest BCUT2D eigenvalue weighted by Gasteiger charge is -2.18. The highest BCUT2D eigenvalue weighted by Gasteiger charge is 2.36. The van der Waals surface area contributed by atoms with E-state index in [2.05, 4.69) is 5.32 Å². The molecule has 1 aliphatic rings. The number of esters is 1. The summed E-state index contributed by atoms with van der Waals surface area (Å²) in [6.45, 7) is 2.15. The van der Waals surface area contributed by atoms with E-state index < -0.39 is 29.8 Å². The zero-order valence-corrected chi connectivity index (χ0v) is 16.5. The number of carbonyl (C=O) groups is 4. The molecule has 0 spiro atoms. The van der Waals surface area contributed by atoms with Crippen LogP contribution in [-0.4, -0.2) is 41.2 Å². The van der Waals surface area contributed by atoms with Crippen molar-refractivity contribution in [2.45, 2.75) is 26.0 Å². The largest absolute Gasteiger partial charge is 0.452 e. The number of primary amides is 1. The van der Waals surface area contributed by atoms with Crippen molar-refractivity contribution in [3.63, 3.8) is 0 Å². The Morgan fingerprint density at radius 1 is 1.13 bits per heavy atom. The van der Waals surface area contributed by atoms with Gasteiger partial charge in [0.05, 0.1) is 5.92 Å². The van der Waals surface area contributed by atoms with Crippen molar-refractivity contribution in [2.24, 2.45) is 11.7 Å². The molecular formula is C22H23N3O5. The Hall–Kier alpha value is -3.68. The molecule has 1 aliphatic heterocycles. The minimum atomic E-state index is -1.04. The third kappa shape index (κ3) is 5.22. The van der Waals surface area contributed by atoms with E-state index in [9.17, 15) is 19.2 Å². The summed E-state index contributed by atoms with van der Waals surface area (Å²) in [7, 11) is 0. The molecule has 0 bridgehead atoms. The summed E-state index contributed by atoms with van der Waals surface area (Å²) in [5.41, 5.74) is 6.92. The van der Waals surface area contributed by atoms with E-state index in [-0.39, 0.29) is 18.9 Å². The molecule has 2 unspecified atom stereocenters. The third-order valence-corrected chi connectivity index (χ3v) is 4.86. The average molecular weight is 409 g/mol. The number of hydrogen-bond acceptors (Lipinski definition) is 5. The maximum absolute atomic E-state index is 12.4. The average Bonchev–Trinajstić information content (AvgIpc) is 3.09. The summed E-state index contributed by atoms with van der Waals surface area (Å²) in [6, 6.07) is 15.6. The quantitative estimate of drug-likeness (QED) is 0.675. The van der Waals surface area contributed by atoms with Crippen LogP contribution in [0.2, 0.25) is 0 Å². The summed E-state index contributed by atoms with van der Waals surface area (Å²) in [4.78, 5) is 49.7. The van der Waals surface area contributed by atoms with Gasteiger partial charge in [-0.1, -0.05) is 30.3 Å². The van der Waals surface area contributed by atoms with E-state index in [1.54, 1.807) is 4.90 Å². The minimum absolute atomic E-state index is 0.0641. The predicted molar refractivity (Wildman–Crippen MR) is 109 cm³/mol. The van der Waals surface area contributed by atoms with Gasteiger partial charge in [0.15, 0.2) is 6.10 Å². The van der Waals surface area contributed by atoms with E-state index in [0.717, 1.165) is 5.56 Å². The van der Waals surface area contributed by atoms with Gasteiger partial charge in [0.1, 0.15) is 0 Å². The van der Waals surface area contributed by atoms with Crippen LogP contribution in [0, 0.1) is 5.92 Å². The lowest BCUT2D eigenvalue weighted by atomic mass is 10.1. The van der Waals surface area contributed by atoms with Crippen molar-refractivity contribution >= 4 is 29.4 Å². The van der Waals surface area contributed by atoms with Gasteiger partial charge in [0, 0.05) is 30.8 Å². The molecule has 2 atom stereocenters. The number of benzene rings is 2. The van der Waals surface area contributed by atoms with Gasteiger partial charge in [-0.15, -0.1) is 0 Å². The number of likely N-dealkylation sites (tertiary alicyclic amines) is 1. The molecule has 1 heterocycles. The van der Waals surface area contributed by atoms with E-state index in [4.69, 9.17) is 10.5 Å². The maximum Gasteiger partial charge on any atom is 0.312 e. The van der Waals surface area contributed by atoms with Gasteiger partial charge < -0.3 is 20.7 Å². The molecule has 3 N–H and O–H groups in total. The van der Waals surface area contributed by atoms with Crippen LogP contribution in [-0.2, 0) is 25.7 Å². The monoisotopic (exact) mass is 409 g/mol. The van der Waals surface area contributed by atoms with Crippen LogP contribution in [0.15, 0.2) is 54.6 Å². The van der Waals surface area contributed by atoms with E-state index in [1.807, 2.05) is 30.3 Å². The summed E-state index contributed by atoms with van der Waals surface area (Å²) in [5, 5.41) is 2.61. The van der Waals surface area contributed by atoms with Crippen molar-refractivity contribution in [3.8, 4) is 0 Å². The molecule has 0 aliphatic carbocycles. The topological polar surface area (TPSA) is 119 Å². The Balaban J connectivity index is 1.51. The molecule has 1 saturated heterocycles. The standard InChI is InChI=1S/C22H23N3O5/c1-14(21(28)24-18-9-7-16(8-10-18)20(23)27)30-22(29)17-11-19(26)25(13-17)12-15-5-3-2-4-6-15/h2-10,14,17H,11-13H2,1H3,(H2,23,27)(H,24,28). The van der Waals surface area contributed by atoms with Crippen LogP contribution >= 0.6 is 0 Å². The van der Waals surface area contributed by atoms with Gasteiger partial charge in [-0.05, 0) is 36.8 Å². The molecule has 3 rings (SSSR count). The molecule has 0 aromatic heterocycles. The number of rotatable bonds is 7. The first-order chi connectivity index (χ1) is 14.3. The summed E-state index contributed by atoms with van der Waals surface area (Å²) in [5.74, 6) is -2.38. The number of nitrogens with two attached hydrogens (primary N) is 1. The number of nitrogens with one attached hydrogen (secondary N) is 1. The van der Waals surface area contributed by atoms with Crippen molar-refractivity contribution < 1.29 is 23.9 Å². The van der Waals surface area contributed by atoms with Gasteiger partial charge >= 0.3 is 5.97 Å². The number of anilines is 1. The van der Waals surface area contributed by atoms with Crippen LogP contribution in [0.25, 0.3) is 0 Å². The molecule has 8 heteroatoms. The zero-order chi connectivity index (χ0) is 21.7. The van der Waals surface area contributed by atoms with Crippen molar-refractivity contribution in [3.05, 3.63) is 65.7 Å². The van der Waals surface area contributed by atoms with Crippen molar-refractivity contribution in [1.82, 2.24) is 4.90 Å². The van der Waals surface area contributed by atoms with Crippen LogP contribution in [0.5, 0.6) is 0 Å². The first-order valence-electron chi connectivity index (χ1n) is 9.56. The number of amides is 3. The SMILES string of the molecule is CC(OC(=O)C1CC(=O)N(Cc2ccccc2)C1)C(=O)Nc1ccc(C(N)=O)cc1. The maximum atomic E-state index is 12.4. The predicted octanol–water partition coefficient (Wildman–Crippen LogP) is 1.70. The Morgan fingerprint density at radius 2 is 1.80 bits per heavy atom. The van der Waals surface area contributed by atoms with E-state index in [1.165, 1.54) is 31.2 Å². The zero-order valence-electron chi connectivity index (χ0n) is 16.5. The molecule has 3 amide bonds. The number of carbonyl (C=O) groups excluding carboxylic acids is 4. The first kappa shape index (κ1) is 21.0. The molecule has 2 aromatic carbocycles. The highest BCUT2D eigenvalue weighted by atomic mass is 16.5. The van der Waals surface area contributed by atoms with Gasteiger partial charge in [0.25, 0.3) is 5.91 Å². The van der Waals surface area contributed by atoms with Crippen LogP contribution in [0.1, 0.15) is 29.3 Å². The van der Waals surface area contributed by atoms with Gasteiger partial charge in [-0.25, -0.2) is 0 Å². The summed E-state index contributed by atoms with van der Waals surface area (Å²) >= 11 is 0. The number of nitrogens with zero attached hydrogens (tertiary/aromatic N) is 1. The Bertz CT molecular complexity index is 943. The van der Waals surface area contributed by atoms with Gasteiger partial charge in [-0.2, -0.15) is 0 Å². The molecule has 30 heavy (non-hydrogen) atoms. The molecule has 8 nitrogen and oxygen atoms in total. The fourth-order valence-electron chi connectivity index (χ4n) is 3.17. The Labute approximate surface area is 174 Å². The molecule has 2 aromatic rings. The molecule has 1 fully saturated rings. The summed E-state index contributed by atoms with van der Waals surface area (Å²) in [6.07, 6.45) is -0.971. The molecular weight excluding hydrogens is 386 g/mol. The smallest absolute Gasteiger partial charge is 0.312 e. The van der Waals surface area contributed by atoms with Crippen molar-refractivity contribution in [1.29, 1.82) is 0 Å². The lowest BCUT2D eigenvalue weighted by molar-refractivity contribution is -0.157. The van der Waals surface area contributed by atoms with Crippen LogP contribution in [0.4, 0.5) is 5.69 Å². The molecule has 156 valence electrons. The summed E-state index contributed by atoms with van der Waals surface area (Å²) < 4.78 is 5.27. The van der Waals surface area contributed by atoms with Crippen LogP contribution in [0.3, 0.4) is 0 Å². The highest BCUT2D eigenvalue weighted by molar-refractivity contribution is 5.97. The number of hydrogen-bond donors (Lipinski definition) is 2. The van der Waals surface area contributed by atoms with E-state index >= 15 is 0 Å². The molecule has 0 saturated carbocycles. The Morgan fingerprint density at radius 3 is 2.43 bits per heavy atom. The Kier molecular flexibility index (Phi) is 6.46. The normalized spacial score (nSPS) is 16.8. The highest BCUT2D eigenvalue weighted by Crippen LogP contribution is 2.22. The first-order valence-corrected chi connectivity index (χ1v) is 9.56. The second-order valence-corrected chi connectivity index (χ2v) is 7.17. The fraction of sp³-hybridized carbons (Fsp3) is 0.273. The van der Waals surface area contributed by atoms with Crippen LogP contribution < -0.4 is 11.1 Å². The van der Waals surface area contributed by atoms with Gasteiger partial charge in [0.2, 0.25) is 11.8 Å². The lowest BCUT2D eigenvalue weighted by Crippen LogP contribution is -2.33. The van der Waals surface area contributed by atoms with Gasteiger partial charge in [-0.3, -0.25) is 19.2 Å². The third-order valence-electron chi connectivity index (χ3n) is 4.86. The molecule has 0 radical (unpaired) electrons.